The second kappa shape index (κ2) is 6.38. The average Bonchev–Trinajstić information content (AvgIpc) is 3.30. The maximum absolute atomic E-state index is 12.1. The van der Waals surface area contributed by atoms with Gasteiger partial charge in [0.25, 0.3) is 0 Å². The normalized spacial score (nSPS) is 28.7. The van der Waals surface area contributed by atoms with Crippen LogP contribution in [0.1, 0.15) is 59.3 Å². The first kappa shape index (κ1) is 16.1. The van der Waals surface area contributed by atoms with Crippen LogP contribution < -0.4 is 0 Å². The zero-order valence-corrected chi connectivity index (χ0v) is 14.5. The molecular formula is C18H32N2O2. The molecule has 1 aliphatic carbocycles. The Morgan fingerprint density at radius 2 is 1.64 bits per heavy atom. The Bertz CT molecular complexity index is 392. The molecule has 22 heavy (non-hydrogen) atoms. The molecule has 3 aliphatic rings. The summed E-state index contributed by atoms with van der Waals surface area (Å²) in [5.41, 5.74) is -0.391. The van der Waals surface area contributed by atoms with Crippen molar-refractivity contribution in [1.29, 1.82) is 0 Å². The maximum atomic E-state index is 12.1. The lowest BCUT2D eigenvalue weighted by molar-refractivity contribution is 0.0104. The molecule has 126 valence electrons. The number of carbonyl (C=O) groups is 1. The fourth-order valence-electron chi connectivity index (χ4n) is 4.06. The van der Waals surface area contributed by atoms with Gasteiger partial charge in [-0.3, -0.25) is 4.90 Å². The number of ether oxygens (including phenoxy) is 1. The van der Waals surface area contributed by atoms with Gasteiger partial charge in [-0.15, -0.1) is 0 Å². The van der Waals surface area contributed by atoms with Crippen molar-refractivity contribution in [1.82, 2.24) is 9.80 Å². The van der Waals surface area contributed by atoms with Crippen LogP contribution in [-0.4, -0.2) is 53.7 Å². The zero-order chi connectivity index (χ0) is 15.7. The summed E-state index contributed by atoms with van der Waals surface area (Å²) in [6, 6.07) is 0.681. The molecule has 0 aromatic heterocycles. The predicted molar refractivity (Wildman–Crippen MR) is 87.9 cm³/mol. The lowest BCUT2D eigenvalue weighted by Crippen LogP contribution is -2.50. The highest BCUT2D eigenvalue weighted by Gasteiger charge is 2.37. The van der Waals surface area contributed by atoms with E-state index in [1.165, 1.54) is 38.8 Å². The topological polar surface area (TPSA) is 32.8 Å². The summed E-state index contributed by atoms with van der Waals surface area (Å²) in [6.07, 6.45) is 7.82. The lowest BCUT2D eigenvalue weighted by atomic mass is 9.91. The minimum Gasteiger partial charge on any atom is -0.444 e. The van der Waals surface area contributed by atoms with Crippen molar-refractivity contribution in [2.24, 2.45) is 11.8 Å². The minimum atomic E-state index is -0.391. The number of amides is 1. The first-order chi connectivity index (χ1) is 10.4. The first-order valence-corrected chi connectivity index (χ1v) is 9.14. The largest absolute Gasteiger partial charge is 0.444 e. The summed E-state index contributed by atoms with van der Waals surface area (Å²) in [5.74, 6) is 1.99. The molecule has 3 fully saturated rings. The van der Waals surface area contributed by atoms with Crippen LogP contribution in [0.3, 0.4) is 0 Å². The van der Waals surface area contributed by atoms with E-state index in [4.69, 9.17) is 4.74 Å². The number of hydrogen-bond donors (Lipinski definition) is 0. The Kier molecular flexibility index (Phi) is 4.67. The Morgan fingerprint density at radius 3 is 2.23 bits per heavy atom. The fourth-order valence-corrected chi connectivity index (χ4v) is 4.06. The summed E-state index contributed by atoms with van der Waals surface area (Å²) in [4.78, 5) is 16.8. The Labute approximate surface area is 135 Å². The number of hydrogen-bond acceptors (Lipinski definition) is 3. The van der Waals surface area contributed by atoms with E-state index in [0.29, 0.717) is 6.04 Å². The van der Waals surface area contributed by atoms with E-state index in [0.717, 1.165) is 37.8 Å². The van der Waals surface area contributed by atoms with Crippen LogP contribution in [0.2, 0.25) is 0 Å². The molecular weight excluding hydrogens is 276 g/mol. The molecule has 4 nitrogen and oxygen atoms in total. The number of carbonyl (C=O) groups excluding carboxylic acids is 1. The van der Waals surface area contributed by atoms with Crippen LogP contribution >= 0.6 is 0 Å². The molecule has 0 spiro atoms. The second-order valence-corrected chi connectivity index (χ2v) is 8.43. The first-order valence-electron chi connectivity index (χ1n) is 9.14. The van der Waals surface area contributed by atoms with E-state index in [9.17, 15) is 4.79 Å². The average molecular weight is 308 g/mol. The van der Waals surface area contributed by atoms with E-state index in [1.54, 1.807) is 0 Å². The fraction of sp³-hybridized carbons (Fsp3) is 0.944. The van der Waals surface area contributed by atoms with Crippen LogP contribution in [0.4, 0.5) is 4.79 Å². The van der Waals surface area contributed by atoms with Gasteiger partial charge in [0, 0.05) is 25.7 Å². The molecule has 2 aliphatic heterocycles. The molecule has 3 rings (SSSR count). The van der Waals surface area contributed by atoms with Gasteiger partial charge in [0.2, 0.25) is 0 Å². The van der Waals surface area contributed by atoms with Crippen LogP contribution in [0.15, 0.2) is 0 Å². The molecule has 2 heterocycles. The Hall–Kier alpha value is -0.770. The van der Waals surface area contributed by atoms with Gasteiger partial charge in [-0.1, -0.05) is 0 Å². The van der Waals surface area contributed by atoms with Gasteiger partial charge in [-0.25, -0.2) is 4.79 Å². The molecule has 0 N–H and O–H groups in total. The van der Waals surface area contributed by atoms with Gasteiger partial charge >= 0.3 is 6.09 Å². The van der Waals surface area contributed by atoms with E-state index in [2.05, 4.69) is 4.90 Å². The quantitative estimate of drug-likeness (QED) is 0.782. The minimum absolute atomic E-state index is 0.138. The Balaban J connectivity index is 1.46. The summed E-state index contributed by atoms with van der Waals surface area (Å²) < 4.78 is 5.49. The molecule has 1 amide bonds. The highest BCUT2D eigenvalue weighted by atomic mass is 16.6. The van der Waals surface area contributed by atoms with Crippen molar-refractivity contribution in [3.8, 4) is 0 Å². The SMILES string of the molecule is CC(C)(C)OC(=O)N1CCC(N2CCC[C@H](C3CC3)C2)CC1. The van der Waals surface area contributed by atoms with Crippen molar-refractivity contribution in [3.63, 3.8) is 0 Å². The third-order valence-corrected chi connectivity index (χ3v) is 5.41. The number of piperidine rings is 2. The van der Waals surface area contributed by atoms with Gasteiger partial charge in [-0.05, 0) is 77.7 Å². The van der Waals surface area contributed by atoms with E-state index in [1.807, 2.05) is 25.7 Å². The van der Waals surface area contributed by atoms with Crippen molar-refractivity contribution >= 4 is 6.09 Å². The van der Waals surface area contributed by atoms with Crippen LogP contribution in [0.5, 0.6) is 0 Å². The number of likely N-dealkylation sites (tertiary alicyclic amines) is 2. The molecule has 0 unspecified atom stereocenters. The molecule has 0 bridgehead atoms. The Morgan fingerprint density at radius 1 is 0.955 bits per heavy atom. The van der Waals surface area contributed by atoms with E-state index in [-0.39, 0.29) is 6.09 Å². The predicted octanol–water partition coefficient (Wildman–Crippen LogP) is 3.51. The van der Waals surface area contributed by atoms with Crippen LogP contribution in [-0.2, 0) is 4.74 Å². The maximum Gasteiger partial charge on any atom is 0.410 e. The number of rotatable bonds is 2. The molecule has 2 saturated heterocycles. The van der Waals surface area contributed by atoms with E-state index >= 15 is 0 Å². The summed E-state index contributed by atoms with van der Waals surface area (Å²) >= 11 is 0. The highest BCUT2D eigenvalue weighted by molar-refractivity contribution is 5.68. The second-order valence-electron chi connectivity index (χ2n) is 8.43. The monoisotopic (exact) mass is 308 g/mol. The highest BCUT2D eigenvalue weighted by Crippen LogP contribution is 2.41. The summed E-state index contributed by atoms with van der Waals surface area (Å²) in [7, 11) is 0. The molecule has 4 heteroatoms. The van der Waals surface area contributed by atoms with Gasteiger partial charge in [0.05, 0.1) is 0 Å². The van der Waals surface area contributed by atoms with Crippen molar-refractivity contribution < 1.29 is 9.53 Å². The zero-order valence-electron chi connectivity index (χ0n) is 14.5. The molecule has 0 radical (unpaired) electrons. The number of nitrogens with zero attached hydrogens (tertiary/aromatic N) is 2. The third kappa shape index (κ3) is 4.15. The molecule has 1 atom stereocenters. The molecule has 0 aromatic rings. The summed E-state index contributed by atoms with van der Waals surface area (Å²) in [6.45, 7) is 10.1. The van der Waals surface area contributed by atoms with Crippen molar-refractivity contribution in [2.75, 3.05) is 26.2 Å². The van der Waals surface area contributed by atoms with Crippen LogP contribution in [0.25, 0.3) is 0 Å². The molecule has 0 aromatic carbocycles. The van der Waals surface area contributed by atoms with Gasteiger partial charge in [-0.2, -0.15) is 0 Å². The summed E-state index contributed by atoms with van der Waals surface area (Å²) in [5, 5.41) is 0. The lowest BCUT2D eigenvalue weighted by Gasteiger charge is -2.42. The smallest absolute Gasteiger partial charge is 0.410 e. The molecule has 1 saturated carbocycles. The standard InChI is InChI=1S/C18H32N2O2/c1-18(2,3)22-17(21)19-11-8-16(9-12-19)20-10-4-5-15(13-20)14-6-7-14/h14-16H,4-13H2,1-3H3/t15-/m0/s1. The van der Waals surface area contributed by atoms with Gasteiger partial charge < -0.3 is 9.64 Å². The third-order valence-electron chi connectivity index (χ3n) is 5.41. The van der Waals surface area contributed by atoms with Crippen molar-refractivity contribution in [2.45, 2.75) is 70.9 Å². The van der Waals surface area contributed by atoms with E-state index < -0.39 is 5.60 Å². The van der Waals surface area contributed by atoms with Crippen LogP contribution in [0, 0.1) is 11.8 Å². The van der Waals surface area contributed by atoms with Crippen molar-refractivity contribution in [3.05, 3.63) is 0 Å². The van der Waals surface area contributed by atoms with Gasteiger partial charge in [0.15, 0.2) is 0 Å². The van der Waals surface area contributed by atoms with Gasteiger partial charge in [0.1, 0.15) is 5.60 Å².